The molecule has 1 saturated carbocycles. The smallest absolute Gasteiger partial charge is 0.0697 e. The number of hydrogen-bond donors (Lipinski definition) is 1. The Balaban J connectivity index is 1.35. The van der Waals surface area contributed by atoms with E-state index in [2.05, 4.69) is 10.4 Å². The number of aromatic nitrogens is 2. The average Bonchev–Trinajstić information content (AvgIpc) is 2.86. The molecule has 0 bridgehead atoms. The molecular formula is C14H23N3O. The molecule has 2 aliphatic rings. The van der Waals surface area contributed by atoms with E-state index in [1.807, 2.05) is 23.1 Å². The fraction of sp³-hybridized carbons (Fsp3) is 0.786. The van der Waals surface area contributed by atoms with Gasteiger partial charge in [0.05, 0.1) is 5.60 Å². The van der Waals surface area contributed by atoms with Gasteiger partial charge in [0.15, 0.2) is 0 Å². The highest BCUT2D eigenvalue weighted by atomic mass is 16.5. The Kier molecular flexibility index (Phi) is 3.66. The van der Waals surface area contributed by atoms with Gasteiger partial charge in [-0.15, -0.1) is 0 Å². The molecule has 2 fully saturated rings. The monoisotopic (exact) mass is 249 g/mol. The van der Waals surface area contributed by atoms with E-state index in [-0.39, 0.29) is 5.60 Å². The molecule has 4 nitrogen and oxygen atoms in total. The lowest BCUT2D eigenvalue weighted by Gasteiger charge is -2.47. The maximum absolute atomic E-state index is 5.94. The molecule has 2 heterocycles. The molecule has 1 aromatic rings. The van der Waals surface area contributed by atoms with E-state index < -0.39 is 0 Å². The van der Waals surface area contributed by atoms with Crippen molar-refractivity contribution in [2.45, 2.75) is 56.7 Å². The summed E-state index contributed by atoms with van der Waals surface area (Å²) in [7, 11) is 0. The van der Waals surface area contributed by atoms with Gasteiger partial charge < -0.3 is 10.1 Å². The van der Waals surface area contributed by atoms with Gasteiger partial charge in [-0.25, -0.2) is 0 Å². The highest BCUT2D eigenvalue weighted by Gasteiger charge is 2.42. The predicted octanol–water partition coefficient (Wildman–Crippen LogP) is 1.96. The van der Waals surface area contributed by atoms with Gasteiger partial charge in [0.1, 0.15) is 0 Å². The molecule has 1 spiro atoms. The second-order valence-corrected chi connectivity index (χ2v) is 5.65. The third-order valence-electron chi connectivity index (χ3n) is 4.31. The summed E-state index contributed by atoms with van der Waals surface area (Å²) in [6, 6.07) is 2.64. The largest absolute Gasteiger partial charge is 0.375 e. The zero-order chi connectivity index (χ0) is 12.3. The third-order valence-corrected chi connectivity index (χ3v) is 4.31. The van der Waals surface area contributed by atoms with Crippen molar-refractivity contribution in [2.24, 2.45) is 0 Å². The summed E-state index contributed by atoms with van der Waals surface area (Å²) in [4.78, 5) is 0. The van der Waals surface area contributed by atoms with Gasteiger partial charge in [0.25, 0.3) is 0 Å². The Hall–Kier alpha value is -0.870. The Bertz CT molecular complexity index is 359. The Labute approximate surface area is 109 Å². The number of ether oxygens (including phenoxy) is 1. The van der Waals surface area contributed by atoms with Crippen molar-refractivity contribution in [1.29, 1.82) is 0 Å². The van der Waals surface area contributed by atoms with Crippen molar-refractivity contribution < 1.29 is 4.74 Å². The van der Waals surface area contributed by atoms with Gasteiger partial charge in [-0.2, -0.15) is 5.10 Å². The lowest BCUT2D eigenvalue weighted by molar-refractivity contribution is -0.135. The SMILES string of the molecule is c1cnn(CCCNC2CCOC3(CCC3)C2)c1. The molecule has 1 atom stereocenters. The molecule has 1 saturated heterocycles. The van der Waals surface area contributed by atoms with Crippen LogP contribution in [0.5, 0.6) is 0 Å². The van der Waals surface area contributed by atoms with Crippen LogP contribution in [0.1, 0.15) is 38.5 Å². The molecule has 3 rings (SSSR count). The second-order valence-electron chi connectivity index (χ2n) is 5.65. The molecule has 1 unspecified atom stereocenters. The minimum absolute atomic E-state index is 0.262. The number of aryl methyl sites for hydroxylation is 1. The highest BCUT2D eigenvalue weighted by Crippen LogP contribution is 2.42. The third kappa shape index (κ3) is 2.75. The first kappa shape index (κ1) is 12.2. The van der Waals surface area contributed by atoms with Gasteiger partial charge in [0.2, 0.25) is 0 Å². The Morgan fingerprint density at radius 1 is 1.44 bits per heavy atom. The summed E-state index contributed by atoms with van der Waals surface area (Å²) in [6.45, 7) is 3.03. The van der Waals surface area contributed by atoms with Gasteiger partial charge in [-0.1, -0.05) is 0 Å². The Morgan fingerprint density at radius 2 is 2.39 bits per heavy atom. The normalized spacial score (nSPS) is 26.1. The van der Waals surface area contributed by atoms with Crippen molar-refractivity contribution in [2.75, 3.05) is 13.2 Å². The minimum atomic E-state index is 0.262. The molecule has 1 N–H and O–H groups in total. The number of nitrogens with zero attached hydrogens (tertiary/aromatic N) is 2. The molecule has 0 amide bonds. The first-order chi connectivity index (χ1) is 8.86. The zero-order valence-electron chi connectivity index (χ0n) is 11.0. The van der Waals surface area contributed by atoms with E-state index >= 15 is 0 Å². The number of hydrogen-bond acceptors (Lipinski definition) is 3. The van der Waals surface area contributed by atoms with Crippen LogP contribution in [0.25, 0.3) is 0 Å². The molecule has 1 aliphatic carbocycles. The van der Waals surface area contributed by atoms with E-state index in [0.29, 0.717) is 6.04 Å². The Morgan fingerprint density at radius 3 is 3.11 bits per heavy atom. The number of rotatable bonds is 5. The second kappa shape index (κ2) is 5.41. The van der Waals surface area contributed by atoms with Crippen LogP contribution >= 0.6 is 0 Å². The van der Waals surface area contributed by atoms with Crippen LogP contribution < -0.4 is 5.32 Å². The first-order valence-electron chi connectivity index (χ1n) is 7.21. The fourth-order valence-electron chi connectivity index (χ4n) is 3.10. The van der Waals surface area contributed by atoms with Crippen molar-refractivity contribution in [1.82, 2.24) is 15.1 Å². The molecule has 18 heavy (non-hydrogen) atoms. The molecule has 1 aromatic heterocycles. The quantitative estimate of drug-likeness (QED) is 0.811. The van der Waals surface area contributed by atoms with E-state index in [1.165, 1.54) is 32.1 Å². The van der Waals surface area contributed by atoms with Gasteiger partial charge in [-0.3, -0.25) is 4.68 Å². The fourth-order valence-corrected chi connectivity index (χ4v) is 3.10. The standard InChI is InChI=1S/C14H23N3O/c1-5-14(6-1)12-13(4-11-18-14)15-7-2-9-17-10-3-8-16-17/h3,8,10,13,15H,1-2,4-7,9,11-12H2. The topological polar surface area (TPSA) is 39.1 Å². The van der Waals surface area contributed by atoms with E-state index in [1.54, 1.807) is 0 Å². The van der Waals surface area contributed by atoms with Gasteiger partial charge >= 0.3 is 0 Å². The lowest BCUT2D eigenvalue weighted by atomic mass is 9.74. The molecule has 4 heteroatoms. The molecule has 100 valence electrons. The van der Waals surface area contributed by atoms with Crippen molar-refractivity contribution in [3.63, 3.8) is 0 Å². The number of nitrogens with one attached hydrogen (secondary N) is 1. The van der Waals surface area contributed by atoms with E-state index in [9.17, 15) is 0 Å². The summed E-state index contributed by atoms with van der Waals surface area (Å²) in [6.07, 6.45) is 11.3. The van der Waals surface area contributed by atoms with Crippen molar-refractivity contribution >= 4 is 0 Å². The zero-order valence-corrected chi connectivity index (χ0v) is 11.0. The van der Waals surface area contributed by atoms with Crippen molar-refractivity contribution in [3.8, 4) is 0 Å². The molecular weight excluding hydrogens is 226 g/mol. The van der Waals surface area contributed by atoms with Crippen LogP contribution in [0.2, 0.25) is 0 Å². The average molecular weight is 249 g/mol. The predicted molar refractivity (Wildman–Crippen MR) is 70.4 cm³/mol. The van der Waals surface area contributed by atoms with Crippen LogP contribution in [-0.2, 0) is 11.3 Å². The first-order valence-corrected chi connectivity index (χ1v) is 7.21. The highest BCUT2D eigenvalue weighted by molar-refractivity contribution is 4.95. The van der Waals surface area contributed by atoms with Crippen LogP contribution in [-0.4, -0.2) is 34.6 Å². The van der Waals surface area contributed by atoms with Crippen molar-refractivity contribution in [3.05, 3.63) is 18.5 Å². The van der Waals surface area contributed by atoms with Gasteiger partial charge in [0, 0.05) is 31.6 Å². The summed E-state index contributed by atoms with van der Waals surface area (Å²) < 4.78 is 7.94. The summed E-state index contributed by atoms with van der Waals surface area (Å²) in [5.74, 6) is 0. The maximum atomic E-state index is 5.94. The summed E-state index contributed by atoms with van der Waals surface area (Å²) in [5.41, 5.74) is 0.262. The molecule has 0 aromatic carbocycles. The van der Waals surface area contributed by atoms with E-state index in [4.69, 9.17) is 4.74 Å². The van der Waals surface area contributed by atoms with Crippen LogP contribution in [0.15, 0.2) is 18.5 Å². The minimum Gasteiger partial charge on any atom is -0.375 e. The van der Waals surface area contributed by atoms with E-state index in [0.717, 1.165) is 26.1 Å². The summed E-state index contributed by atoms with van der Waals surface area (Å²) >= 11 is 0. The molecule has 0 radical (unpaired) electrons. The van der Waals surface area contributed by atoms with Crippen LogP contribution in [0, 0.1) is 0 Å². The lowest BCUT2D eigenvalue weighted by Crippen LogP contribution is -2.51. The maximum Gasteiger partial charge on any atom is 0.0697 e. The molecule has 1 aliphatic heterocycles. The van der Waals surface area contributed by atoms with Gasteiger partial charge in [-0.05, 0) is 51.1 Å². The van der Waals surface area contributed by atoms with Crippen LogP contribution in [0.4, 0.5) is 0 Å². The summed E-state index contributed by atoms with van der Waals surface area (Å²) in [5, 5.41) is 7.90. The van der Waals surface area contributed by atoms with Crippen LogP contribution in [0.3, 0.4) is 0 Å².